The Morgan fingerprint density at radius 2 is 1.36 bits per heavy atom. The van der Waals surface area contributed by atoms with Crippen LogP contribution >= 0.6 is 22.7 Å². The van der Waals surface area contributed by atoms with E-state index in [9.17, 15) is 4.79 Å². The van der Waals surface area contributed by atoms with Crippen LogP contribution in [0, 0.1) is 0 Å². The molecule has 120 valence electrons. The summed E-state index contributed by atoms with van der Waals surface area (Å²) in [6.45, 7) is 1.62. The number of nitrogens with zero attached hydrogens (tertiary/aromatic N) is 2. The zero-order valence-corrected chi connectivity index (χ0v) is 15.0. The maximum Gasteiger partial charge on any atom is 0.319 e. The Morgan fingerprint density at radius 1 is 0.909 bits per heavy atom. The normalized spacial score (nSPS) is 10.6. The topological polar surface area (TPSA) is 23.6 Å². The zero-order valence-electron chi connectivity index (χ0n) is 13.3. The lowest BCUT2D eigenvalue weighted by Gasteiger charge is -2.24. The second-order valence-electron chi connectivity index (χ2n) is 5.49. The summed E-state index contributed by atoms with van der Waals surface area (Å²) in [5, 5.41) is 4.21. The largest absolute Gasteiger partial charge is 0.328 e. The maximum absolute atomic E-state index is 12.3. The van der Waals surface area contributed by atoms with Crippen molar-refractivity contribution in [2.75, 3.05) is 27.2 Å². The lowest BCUT2D eigenvalue weighted by molar-refractivity contribution is 0.172. The highest BCUT2D eigenvalue weighted by Gasteiger charge is 2.13. The molecule has 0 fully saturated rings. The molecule has 22 heavy (non-hydrogen) atoms. The average molecular weight is 337 g/mol. The van der Waals surface area contributed by atoms with Crippen molar-refractivity contribution in [3.8, 4) is 0 Å². The molecule has 2 rings (SSSR count). The Balaban J connectivity index is 1.63. The van der Waals surface area contributed by atoms with Gasteiger partial charge >= 0.3 is 6.03 Å². The second kappa shape index (κ2) is 8.96. The van der Waals surface area contributed by atoms with Gasteiger partial charge in [-0.15, -0.1) is 22.7 Å². The van der Waals surface area contributed by atoms with Gasteiger partial charge in [-0.2, -0.15) is 0 Å². The third-order valence-corrected chi connectivity index (χ3v) is 5.52. The fraction of sp³-hybridized carbons (Fsp3) is 0.471. The highest BCUT2D eigenvalue weighted by Crippen LogP contribution is 2.12. The van der Waals surface area contributed by atoms with E-state index >= 15 is 0 Å². The van der Waals surface area contributed by atoms with E-state index in [-0.39, 0.29) is 6.03 Å². The molecule has 0 aromatic carbocycles. The molecule has 0 saturated carbocycles. The van der Waals surface area contributed by atoms with Crippen LogP contribution in [-0.2, 0) is 12.8 Å². The zero-order chi connectivity index (χ0) is 15.8. The second-order valence-corrected chi connectivity index (χ2v) is 7.56. The molecule has 0 aliphatic rings. The van der Waals surface area contributed by atoms with E-state index in [1.165, 1.54) is 9.75 Å². The van der Waals surface area contributed by atoms with Crippen LogP contribution in [0.2, 0.25) is 0 Å². The summed E-state index contributed by atoms with van der Waals surface area (Å²) >= 11 is 3.57. The van der Waals surface area contributed by atoms with Crippen molar-refractivity contribution in [1.29, 1.82) is 0 Å². The number of rotatable bonds is 8. The first-order valence-electron chi connectivity index (χ1n) is 7.68. The van der Waals surface area contributed by atoms with Crippen LogP contribution in [-0.4, -0.2) is 43.0 Å². The Labute approximate surface area is 141 Å². The summed E-state index contributed by atoms with van der Waals surface area (Å²) in [5.41, 5.74) is 0. The van der Waals surface area contributed by atoms with Crippen molar-refractivity contribution in [3.05, 3.63) is 44.8 Å². The minimum absolute atomic E-state index is 0.123. The van der Waals surface area contributed by atoms with Crippen LogP contribution in [0.3, 0.4) is 0 Å². The summed E-state index contributed by atoms with van der Waals surface area (Å²) in [6.07, 6.45) is 4.15. The lowest BCUT2D eigenvalue weighted by atomic mass is 10.2. The minimum Gasteiger partial charge on any atom is -0.328 e. The molecule has 0 aliphatic carbocycles. The molecule has 0 saturated heterocycles. The number of amides is 2. The minimum atomic E-state index is 0.123. The Kier molecular flexibility index (Phi) is 6.93. The first-order valence-corrected chi connectivity index (χ1v) is 9.43. The quantitative estimate of drug-likeness (QED) is 0.702. The number of urea groups is 1. The van der Waals surface area contributed by atoms with Crippen molar-refractivity contribution in [3.63, 3.8) is 0 Å². The molecule has 0 radical (unpaired) electrons. The molecule has 2 aromatic heterocycles. The van der Waals surface area contributed by atoms with Gasteiger partial charge in [0.05, 0.1) is 0 Å². The number of aryl methyl sites for hydroxylation is 2. The van der Waals surface area contributed by atoms with Crippen LogP contribution in [0.25, 0.3) is 0 Å². The number of thiophene rings is 2. The molecule has 0 unspecified atom stereocenters. The molecule has 2 heterocycles. The number of carbonyl (C=O) groups excluding carboxylic acids is 1. The van der Waals surface area contributed by atoms with Gasteiger partial charge in [0.2, 0.25) is 0 Å². The van der Waals surface area contributed by atoms with Crippen LogP contribution in [0.4, 0.5) is 4.79 Å². The van der Waals surface area contributed by atoms with Crippen molar-refractivity contribution in [2.24, 2.45) is 0 Å². The molecule has 3 nitrogen and oxygen atoms in total. The van der Waals surface area contributed by atoms with Crippen LogP contribution in [0.1, 0.15) is 22.6 Å². The van der Waals surface area contributed by atoms with E-state index in [2.05, 4.69) is 35.0 Å². The van der Waals surface area contributed by atoms with E-state index in [0.29, 0.717) is 0 Å². The average Bonchev–Trinajstić information content (AvgIpc) is 3.19. The predicted molar refractivity (Wildman–Crippen MR) is 95.9 cm³/mol. The monoisotopic (exact) mass is 336 g/mol. The first kappa shape index (κ1) is 17.0. The van der Waals surface area contributed by atoms with E-state index in [1.807, 2.05) is 23.9 Å². The number of hydrogen-bond acceptors (Lipinski definition) is 3. The van der Waals surface area contributed by atoms with Gasteiger partial charge in [-0.1, -0.05) is 12.1 Å². The molecule has 2 aromatic rings. The summed E-state index contributed by atoms with van der Waals surface area (Å²) in [7, 11) is 3.79. The van der Waals surface area contributed by atoms with E-state index < -0.39 is 0 Å². The fourth-order valence-corrected chi connectivity index (χ4v) is 3.88. The molecular weight excluding hydrogens is 312 g/mol. The Bertz CT molecular complexity index is 489. The summed E-state index contributed by atoms with van der Waals surface area (Å²) in [4.78, 5) is 18.7. The maximum atomic E-state index is 12.3. The van der Waals surface area contributed by atoms with Crippen molar-refractivity contribution in [1.82, 2.24) is 9.80 Å². The number of carbonyl (C=O) groups is 1. The lowest BCUT2D eigenvalue weighted by Crippen LogP contribution is -2.39. The Morgan fingerprint density at radius 3 is 1.73 bits per heavy atom. The van der Waals surface area contributed by atoms with E-state index in [4.69, 9.17) is 0 Å². The molecule has 0 aliphatic heterocycles. The number of hydrogen-bond donors (Lipinski definition) is 0. The van der Waals surface area contributed by atoms with Crippen LogP contribution in [0.15, 0.2) is 35.0 Å². The standard InChI is InChI=1S/C17H24N2OS2/c1-18(11-3-7-15-9-5-13-21-15)17(20)19(2)12-4-8-16-10-6-14-22-16/h5-6,9-10,13-14H,3-4,7-8,11-12H2,1-2H3. The van der Waals surface area contributed by atoms with Gasteiger partial charge in [0, 0.05) is 36.9 Å². The molecule has 0 atom stereocenters. The van der Waals surface area contributed by atoms with Gasteiger partial charge in [0.25, 0.3) is 0 Å². The summed E-state index contributed by atoms with van der Waals surface area (Å²) in [5.74, 6) is 0. The van der Waals surface area contributed by atoms with Crippen molar-refractivity contribution in [2.45, 2.75) is 25.7 Å². The van der Waals surface area contributed by atoms with Crippen molar-refractivity contribution < 1.29 is 4.79 Å². The van der Waals surface area contributed by atoms with Gasteiger partial charge in [-0.25, -0.2) is 4.79 Å². The smallest absolute Gasteiger partial charge is 0.319 e. The first-order chi connectivity index (χ1) is 10.7. The summed E-state index contributed by atoms with van der Waals surface area (Å²) < 4.78 is 0. The van der Waals surface area contributed by atoms with Gasteiger partial charge in [0.1, 0.15) is 0 Å². The molecule has 0 spiro atoms. The van der Waals surface area contributed by atoms with E-state index in [0.717, 1.165) is 38.8 Å². The molecule has 5 heteroatoms. The summed E-state index contributed by atoms with van der Waals surface area (Å²) in [6, 6.07) is 8.59. The molecule has 0 N–H and O–H groups in total. The predicted octanol–water partition coefficient (Wildman–Crippen LogP) is 4.36. The van der Waals surface area contributed by atoms with Gasteiger partial charge in [0.15, 0.2) is 0 Å². The SMILES string of the molecule is CN(CCCc1cccs1)C(=O)N(C)CCCc1cccs1. The third-order valence-electron chi connectivity index (χ3n) is 3.65. The van der Waals surface area contributed by atoms with Gasteiger partial charge in [-0.3, -0.25) is 0 Å². The molecule has 0 bridgehead atoms. The fourth-order valence-electron chi connectivity index (χ4n) is 2.37. The van der Waals surface area contributed by atoms with Crippen LogP contribution < -0.4 is 0 Å². The Hall–Kier alpha value is -1.33. The van der Waals surface area contributed by atoms with Crippen LogP contribution in [0.5, 0.6) is 0 Å². The van der Waals surface area contributed by atoms with Crippen molar-refractivity contribution >= 4 is 28.7 Å². The highest BCUT2D eigenvalue weighted by molar-refractivity contribution is 7.10. The van der Waals surface area contributed by atoms with Gasteiger partial charge < -0.3 is 9.80 Å². The molecular formula is C17H24N2OS2. The highest BCUT2D eigenvalue weighted by atomic mass is 32.1. The molecule has 2 amide bonds. The third kappa shape index (κ3) is 5.46. The van der Waals surface area contributed by atoms with Gasteiger partial charge in [-0.05, 0) is 48.6 Å². The van der Waals surface area contributed by atoms with E-state index in [1.54, 1.807) is 22.7 Å².